The summed E-state index contributed by atoms with van der Waals surface area (Å²) in [4.78, 5) is 0. The Morgan fingerprint density at radius 2 is 1.88 bits per heavy atom. The predicted octanol–water partition coefficient (Wildman–Crippen LogP) is 5.42. The van der Waals surface area contributed by atoms with Crippen LogP contribution in [0.25, 0.3) is 0 Å². The van der Waals surface area contributed by atoms with E-state index in [1.165, 1.54) is 5.76 Å². The van der Waals surface area contributed by atoms with Gasteiger partial charge in [0.05, 0.1) is 5.76 Å². The van der Waals surface area contributed by atoms with Crippen molar-refractivity contribution in [1.82, 2.24) is 0 Å². The fraction of sp³-hybridized carbons (Fsp3) is 0.857. The standard InChI is InChI=1S/C14H29ClOSi/c1-7-13(3)14(16-17(4,5)6)10-8-9-12(2)11-15/h10,12-13H,7-9,11H2,1-6H3/b14-10-. The van der Waals surface area contributed by atoms with Gasteiger partial charge in [0.2, 0.25) is 8.32 Å². The highest BCUT2D eigenvalue weighted by atomic mass is 35.5. The molecule has 0 aliphatic rings. The summed E-state index contributed by atoms with van der Waals surface area (Å²) in [5.74, 6) is 3.08. The van der Waals surface area contributed by atoms with Gasteiger partial charge < -0.3 is 4.43 Å². The molecule has 0 radical (unpaired) electrons. The number of hydrogen-bond donors (Lipinski definition) is 0. The van der Waals surface area contributed by atoms with E-state index in [0.717, 1.165) is 25.1 Å². The van der Waals surface area contributed by atoms with Gasteiger partial charge in [-0.2, -0.15) is 0 Å². The zero-order valence-corrected chi connectivity index (χ0v) is 14.1. The molecule has 102 valence electrons. The first-order valence-electron chi connectivity index (χ1n) is 6.75. The van der Waals surface area contributed by atoms with Crippen LogP contribution in [-0.2, 0) is 4.43 Å². The number of rotatable bonds is 8. The number of hydrogen-bond acceptors (Lipinski definition) is 1. The van der Waals surface area contributed by atoms with Gasteiger partial charge in [-0.15, -0.1) is 11.6 Å². The quantitative estimate of drug-likeness (QED) is 0.327. The Hall–Kier alpha value is 0.0469. The van der Waals surface area contributed by atoms with Crippen molar-refractivity contribution in [3.05, 3.63) is 11.8 Å². The highest BCUT2D eigenvalue weighted by Crippen LogP contribution is 2.22. The van der Waals surface area contributed by atoms with Gasteiger partial charge in [-0.25, -0.2) is 0 Å². The van der Waals surface area contributed by atoms with Crippen molar-refractivity contribution in [1.29, 1.82) is 0 Å². The second-order valence-corrected chi connectivity index (χ2v) is 10.7. The molecule has 0 aromatic rings. The lowest BCUT2D eigenvalue weighted by atomic mass is 10.0. The topological polar surface area (TPSA) is 9.23 Å². The van der Waals surface area contributed by atoms with Crippen LogP contribution in [0.5, 0.6) is 0 Å². The maximum atomic E-state index is 6.17. The molecule has 0 bridgehead atoms. The van der Waals surface area contributed by atoms with E-state index in [-0.39, 0.29) is 0 Å². The van der Waals surface area contributed by atoms with Gasteiger partial charge in [0.15, 0.2) is 0 Å². The molecular weight excluding hydrogens is 248 g/mol. The molecule has 0 saturated heterocycles. The van der Waals surface area contributed by atoms with Gasteiger partial charge in [0.25, 0.3) is 0 Å². The first-order chi connectivity index (χ1) is 7.80. The van der Waals surface area contributed by atoms with Crippen LogP contribution < -0.4 is 0 Å². The molecule has 2 unspecified atom stereocenters. The maximum absolute atomic E-state index is 6.17. The molecule has 0 aromatic carbocycles. The summed E-state index contributed by atoms with van der Waals surface area (Å²) in [7, 11) is -1.48. The summed E-state index contributed by atoms with van der Waals surface area (Å²) in [5, 5.41) is 0. The average molecular weight is 277 g/mol. The van der Waals surface area contributed by atoms with Gasteiger partial charge in [0, 0.05) is 11.8 Å². The van der Waals surface area contributed by atoms with Crippen molar-refractivity contribution in [3.8, 4) is 0 Å². The fourth-order valence-corrected chi connectivity index (χ4v) is 2.63. The Kier molecular flexibility index (Phi) is 8.22. The predicted molar refractivity (Wildman–Crippen MR) is 81.1 cm³/mol. The van der Waals surface area contributed by atoms with Crippen LogP contribution in [0.3, 0.4) is 0 Å². The first kappa shape index (κ1) is 17.0. The molecule has 0 saturated carbocycles. The van der Waals surface area contributed by atoms with Crippen LogP contribution in [0, 0.1) is 11.8 Å². The Balaban J connectivity index is 4.41. The summed E-state index contributed by atoms with van der Waals surface area (Å²) in [6.45, 7) is 13.4. The Labute approximate surface area is 114 Å². The highest BCUT2D eigenvalue weighted by Gasteiger charge is 2.20. The number of allylic oxidation sites excluding steroid dienone is 2. The van der Waals surface area contributed by atoms with Gasteiger partial charge in [0.1, 0.15) is 0 Å². The second-order valence-electron chi connectivity index (χ2n) is 5.97. The lowest BCUT2D eigenvalue weighted by Crippen LogP contribution is -2.26. The van der Waals surface area contributed by atoms with Crippen molar-refractivity contribution in [2.45, 2.75) is 59.7 Å². The molecule has 0 fully saturated rings. The third-order valence-electron chi connectivity index (χ3n) is 2.79. The summed E-state index contributed by atoms with van der Waals surface area (Å²) < 4.78 is 6.17. The molecule has 0 aliphatic carbocycles. The van der Waals surface area contributed by atoms with E-state index in [4.69, 9.17) is 16.0 Å². The summed E-state index contributed by atoms with van der Waals surface area (Å²) >= 11 is 5.82. The lowest BCUT2D eigenvalue weighted by molar-refractivity contribution is 0.344. The normalized spacial score (nSPS) is 16.8. The minimum Gasteiger partial charge on any atom is -0.547 e. The SMILES string of the molecule is CCC(C)/C(=C/CCC(C)CCl)O[Si](C)(C)C. The van der Waals surface area contributed by atoms with E-state index < -0.39 is 8.32 Å². The smallest absolute Gasteiger partial charge is 0.241 e. The molecule has 17 heavy (non-hydrogen) atoms. The van der Waals surface area contributed by atoms with Crippen molar-refractivity contribution in [2.24, 2.45) is 11.8 Å². The molecular formula is C14H29ClOSi. The van der Waals surface area contributed by atoms with Crippen LogP contribution >= 0.6 is 11.6 Å². The molecule has 0 amide bonds. The zero-order chi connectivity index (χ0) is 13.5. The van der Waals surface area contributed by atoms with Crippen LogP contribution in [0.4, 0.5) is 0 Å². The van der Waals surface area contributed by atoms with Gasteiger partial charge in [-0.3, -0.25) is 0 Å². The molecule has 0 N–H and O–H groups in total. The second kappa shape index (κ2) is 8.20. The maximum Gasteiger partial charge on any atom is 0.241 e. The van der Waals surface area contributed by atoms with Crippen LogP contribution in [0.2, 0.25) is 19.6 Å². The van der Waals surface area contributed by atoms with E-state index in [9.17, 15) is 0 Å². The van der Waals surface area contributed by atoms with E-state index in [1.54, 1.807) is 0 Å². The molecule has 2 atom stereocenters. The van der Waals surface area contributed by atoms with E-state index in [0.29, 0.717) is 11.8 Å². The van der Waals surface area contributed by atoms with Gasteiger partial charge in [-0.1, -0.05) is 20.8 Å². The zero-order valence-electron chi connectivity index (χ0n) is 12.3. The number of alkyl halides is 1. The van der Waals surface area contributed by atoms with Crippen LogP contribution in [0.15, 0.2) is 11.8 Å². The summed E-state index contributed by atoms with van der Waals surface area (Å²) in [6.07, 6.45) is 5.66. The molecule has 3 heteroatoms. The number of halogens is 1. The van der Waals surface area contributed by atoms with Crippen molar-refractivity contribution in [3.63, 3.8) is 0 Å². The average Bonchev–Trinajstić information content (AvgIpc) is 2.24. The molecule has 0 heterocycles. The van der Waals surface area contributed by atoms with Crippen LogP contribution in [0.1, 0.15) is 40.0 Å². The van der Waals surface area contributed by atoms with Crippen molar-refractivity contribution in [2.75, 3.05) is 5.88 Å². The van der Waals surface area contributed by atoms with Crippen LogP contribution in [-0.4, -0.2) is 14.2 Å². The fourth-order valence-electron chi connectivity index (χ4n) is 1.49. The van der Waals surface area contributed by atoms with E-state index in [2.05, 4.69) is 46.5 Å². The molecule has 0 spiro atoms. The molecule has 0 rings (SSSR count). The molecule has 0 aliphatic heterocycles. The monoisotopic (exact) mass is 276 g/mol. The van der Waals surface area contributed by atoms with Gasteiger partial charge >= 0.3 is 0 Å². The highest BCUT2D eigenvalue weighted by molar-refractivity contribution is 6.70. The van der Waals surface area contributed by atoms with E-state index >= 15 is 0 Å². The first-order valence-corrected chi connectivity index (χ1v) is 10.7. The minimum atomic E-state index is -1.48. The summed E-state index contributed by atoms with van der Waals surface area (Å²) in [6, 6.07) is 0. The van der Waals surface area contributed by atoms with Crippen molar-refractivity contribution < 1.29 is 4.43 Å². The Morgan fingerprint density at radius 1 is 1.29 bits per heavy atom. The third kappa shape index (κ3) is 8.73. The molecule has 0 aromatic heterocycles. The summed E-state index contributed by atoms with van der Waals surface area (Å²) in [5.41, 5.74) is 0. The Bertz CT molecular complexity index is 233. The minimum absolute atomic E-state index is 0.535. The Morgan fingerprint density at radius 3 is 2.29 bits per heavy atom. The van der Waals surface area contributed by atoms with E-state index in [1.807, 2.05) is 0 Å². The largest absolute Gasteiger partial charge is 0.547 e. The third-order valence-corrected chi connectivity index (χ3v) is 4.17. The lowest BCUT2D eigenvalue weighted by Gasteiger charge is -2.25. The molecule has 1 nitrogen and oxygen atoms in total. The van der Waals surface area contributed by atoms with Gasteiger partial charge in [-0.05, 0) is 50.9 Å². The van der Waals surface area contributed by atoms with Crippen molar-refractivity contribution >= 4 is 19.9 Å².